The van der Waals surface area contributed by atoms with Crippen molar-refractivity contribution in [2.24, 2.45) is 5.41 Å². The van der Waals surface area contributed by atoms with Gasteiger partial charge in [0.05, 0.1) is 18.8 Å². The normalized spacial score (nSPS) is 14.1. The van der Waals surface area contributed by atoms with Crippen LogP contribution in [-0.2, 0) is 0 Å². The van der Waals surface area contributed by atoms with E-state index in [0.29, 0.717) is 6.61 Å². The number of aliphatic hydroxyl groups excluding tert-OH is 1. The van der Waals surface area contributed by atoms with Crippen LogP contribution in [0.15, 0.2) is 24.3 Å². The molecule has 22 heavy (non-hydrogen) atoms. The number of nitrogens with one attached hydrogen (secondary N) is 2. The SMILES string of the molecule is CCOc1cccc(C(C)NC(=O)NCC(O)C(C)(C)C)c1. The van der Waals surface area contributed by atoms with Crippen LogP contribution in [0.1, 0.15) is 46.2 Å². The molecule has 0 bridgehead atoms. The highest BCUT2D eigenvalue weighted by atomic mass is 16.5. The molecule has 0 aliphatic carbocycles. The quantitative estimate of drug-likeness (QED) is 0.757. The van der Waals surface area contributed by atoms with Gasteiger partial charge in [-0.1, -0.05) is 32.9 Å². The molecule has 0 fully saturated rings. The van der Waals surface area contributed by atoms with Crippen molar-refractivity contribution in [3.8, 4) is 5.75 Å². The van der Waals surface area contributed by atoms with Gasteiger partial charge in [-0.2, -0.15) is 0 Å². The van der Waals surface area contributed by atoms with Gasteiger partial charge in [0, 0.05) is 6.54 Å². The third kappa shape index (κ3) is 5.93. The number of carbonyl (C=O) groups is 1. The molecule has 5 nitrogen and oxygen atoms in total. The smallest absolute Gasteiger partial charge is 0.315 e. The summed E-state index contributed by atoms with van der Waals surface area (Å²) >= 11 is 0. The monoisotopic (exact) mass is 308 g/mol. The summed E-state index contributed by atoms with van der Waals surface area (Å²) in [7, 11) is 0. The number of benzene rings is 1. The lowest BCUT2D eigenvalue weighted by Crippen LogP contribution is -2.44. The molecular formula is C17H28N2O3. The van der Waals surface area contributed by atoms with E-state index < -0.39 is 6.10 Å². The molecule has 0 saturated carbocycles. The van der Waals surface area contributed by atoms with Gasteiger partial charge in [-0.05, 0) is 37.0 Å². The molecule has 0 aliphatic heterocycles. The maximum atomic E-state index is 11.9. The molecular weight excluding hydrogens is 280 g/mol. The fourth-order valence-electron chi connectivity index (χ4n) is 1.87. The van der Waals surface area contributed by atoms with Gasteiger partial charge in [0.15, 0.2) is 0 Å². The van der Waals surface area contributed by atoms with E-state index in [2.05, 4.69) is 10.6 Å². The average molecular weight is 308 g/mol. The lowest BCUT2D eigenvalue weighted by Gasteiger charge is -2.26. The third-order valence-electron chi connectivity index (χ3n) is 3.47. The Labute approximate surface area is 133 Å². The second kappa shape index (κ2) is 8.03. The minimum absolute atomic E-state index is 0.146. The van der Waals surface area contributed by atoms with E-state index in [1.807, 2.05) is 58.9 Å². The molecule has 5 heteroatoms. The van der Waals surface area contributed by atoms with Gasteiger partial charge in [0.2, 0.25) is 0 Å². The zero-order valence-corrected chi connectivity index (χ0v) is 14.1. The molecule has 0 aliphatic rings. The van der Waals surface area contributed by atoms with Crippen LogP contribution >= 0.6 is 0 Å². The summed E-state index contributed by atoms with van der Waals surface area (Å²) in [5.41, 5.74) is 0.711. The molecule has 2 unspecified atom stereocenters. The van der Waals surface area contributed by atoms with Crippen molar-refractivity contribution in [2.45, 2.75) is 46.8 Å². The molecule has 0 spiro atoms. The molecule has 1 aromatic rings. The minimum Gasteiger partial charge on any atom is -0.494 e. The molecule has 2 atom stereocenters. The summed E-state index contributed by atoms with van der Waals surface area (Å²) in [6.45, 7) is 10.5. The zero-order valence-electron chi connectivity index (χ0n) is 14.1. The highest BCUT2D eigenvalue weighted by Crippen LogP contribution is 2.19. The highest BCUT2D eigenvalue weighted by Gasteiger charge is 2.22. The van der Waals surface area contributed by atoms with Crippen LogP contribution in [0.4, 0.5) is 4.79 Å². The van der Waals surface area contributed by atoms with E-state index >= 15 is 0 Å². The van der Waals surface area contributed by atoms with Crippen LogP contribution in [0, 0.1) is 5.41 Å². The van der Waals surface area contributed by atoms with E-state index in [-0.39, 0.29) is 24.0 Å². The molecule has 2 amide bonds. The van der Waals surface area contributed by atoms with E-state index in [9.17, 15) is 9.90 Å². The first-order valence-electron chi connectivity index (χ1n) is 7.69. The summed E-state index contributed by atoms with van der Waals surface area (Å²) in [5.74, 6) is 0.789. The molecule has 0 radical (unpaired) electrons. The predicted molar refractivity (Wildman–Crippen MR) is 88.0 cm³/mol. The van der Waals surface area contributed by atoms with Crippen LogP contribution < -0.4 is 15.4 Å². The lowest BCUT2D eigenvalue weighted by atomic mass is 9.89. The molecule has 0 saturated heterocycles. The number of hydrogen-bond acceptors (Lipinski definition) is 3. The van der Waals surface area contributed by atoms with Gasteiger partial charge in [0.1, 0.15) is 5.75 Å². The summed E-state index contributed by atoms with van der Waals surface area (Å²) in [5, 5.41) is 15.5. The minimum atomic E-state index is -0.588. The van der Waals surface area contributed by atoms with Gasteiger partial charge in [-0.25, -0.2) is 4.79 Å². The van der Waals surface area contributed by atoms with Gasteiger partial charge in [0.25, 0.3) is 0 Å². The number of hydrogen-bond donors (Lipinski definition) is 3. The summed E-state index contributed by atoms with van der Waals surface area (Å²) in [6, 6.07) is 7.21. The summed E-state index contributed by atoms with van der Waals surface area (Å²) < 4.78 is 5.46. The topological polar surface area (TPSA) is 70.6 Å². The summed E-state index contributed by atoms with van der Waals surface area (Å²) in [6.07, 6.45) is -0.588. The fourth-order valence-corrected chi connectivity index (χ4v) is 1.87. The van der Waals surface area contributed by atoms with E-state index in [4.69, 9.17) is 4.74 Å². The molecule has 124 valence electrons. The molecule has 0 aromatic heterocycles. The van der Waals surface area contributed by atoms with Crippen LogP contribution in [0.2, 0.25) is 0 Å². The average Bonchev–Trinajstić information content (AvgIpc) is 2.44. The van der Waals surface area contributed by atoms with Crippen LogP contribution in [0.25, 0.3) is 0 Å². The second-order valence-electron chi connectivity index (χ2n) is 6.46. The highest BCUT2D eigenvalue weighted by molar-refractivity contribution is 5.74. The summed E-state index contributed by atoms with van der Waals surface area (Å²) in [4.78, 5) is 11.9. The Kier molecular flexibility index (Phi) is 6.68. The van der Waals surface area contributed by atoms with Crippen LogP contribution in [0.5, 0.6) is 5.75 Å². The van der Waals surface area contributed by atoms with Crippen LogP contribution in [0.3, 0.4) is 0 Å². The van der Waals surface area contributed by atoms with Crippen molar-refractivity contribution in [3.05, 3.63) is 29.8 Å². The zero-order chi connectivity index (χ0) is 16.8. The van der Waals surface area contributed by atoms with Gasteiger partial charge >= 0.3 is 6.03 Å². The standard InChI is InChI=1S/C17H28N2O3/c1-6-22-14-9-7-8-13(10-14)12(2)19-16(21)18-11-15(20)17(3,4)5/h7-10,12,15,20H,6,11H2,1-5H3,(H2,18,19,21). The Morgan fingerprint density at radius 3 is 2.64 bits per heavy atom. The van der Waals surface area contributed by atoms with Gasteiger partial charge < -0.3 is 20.5 Å². The number of urea groups is 1. The van der Waals surface area contributed by atoms with Gasteiger partial charge in [-0.15, -0.1) is 0 Å². The van der Waals surface area contributed by atoms with Crippen molar-refractivity contribution in [1.82, 2.24) is 10.6 Å². The first kappa shape index (κ1) is 18.3. The Morgan fingerprint density at radius 2 is 2.05 bits per heavy atom. The molecule has 1 rings (SSSR count). The van der Waals surface area contributed by atoms with Crippen molar-refractivity contribution in [2.75, 3.05) is 13.2 Å². The Balaban J connectivity index is 2.52. The van der Waals surface area contributed by atoms with E-state index in [0.717, 1.165) is 11.3 Å². The van der Waals surface area contributed by atoms with Crippen molar-refractivity contribution < 1.29 is 14.6 Å². The van der Waals surface area contributed by atoms with Gasteiger partial charge in [-0.3, -0.25) is 0 Å². The second-order valence-corrected chi connectivity index (χ2v) is 6.46. The maximum absolute atomic E-state index is 11.9. The number of rotatable bonds is 6. The predicted octanol–water partition coefficient (Wildman–Crippen LogP) is 2.85. The molecule has 1 aromatic carbocycles. The first-order valence-corrected chi connectivity index (χ1v) is 7.69. The molecule has 0 heterocycles. The number of aliphatic hydroxyl groups is 1. The van der Waals surface area contributed by atoms with E-state index in [1.54, 1.807) is 0 Å². The van der Waals surface area contributed by atoms with Crippen molar-refractivity contribution >= 4 is 6.03 Å². The van der Waals surface area contributed by atoms with Crippen molar-refractivity contribution in [3.63, 3.8) is 0 Å². The third-order valence-corrected chi connectivity index (χ3v) is 3.47. The maximum Gasteiger partial charge on any atom is 0.315 e. The van der Waals surface area contributed by atoms with E-state index in [1.165, 1.54) is 0 Å². The number of carbonyl (C=O) groups excluding carboxylic acids is 1. The molecule has 3 N–H and O–H groups in total. The Hall–Kier alpha value is -1.75. The fraction of sp³-hybridized carbons (Fsp3) is 0.588. The number of amides is 2. The largest absolute Gasteiger partial charge is 0.494 e. The first-order chi connectivity index (χ1) is 10.2. The Morgan fingerprint density at radius 1 is 1.36 bits per heavy atom. The number of ether oxygens (including phenoxy) is 1. The Bertz CT molecular complexity index is 483. The van der Waals surface area contributed by atoms with Crippen molar-refractivity contribution in [1.29, 1.82) is 0 Å². The lowest BCUT2D eigenvalue weighted by molar-refractivity contribution is 0.0649. The van der Waals surface area contributed by atoms with Crippen LogP contribution in [-0.4, -0.2) is 30.4 Å².